The van der Waals surface area contributed by atoms with Crippen molar-refractivity contribution < 1.29 is 4.39 Å². The summed E-state index contributed by atoms with van der Waals surface area (Å²) in [5, 5.41) is 0.751. The van der Waals surface area contributed by atoms with Gasteiger partial charge in [-0.25, -0.2) is 4.39 Å². The molecule has 0 amide bonds. The first kappa shape index (κ1) is 9.46. The summed E-state index contributed by atoms with van der Waals surface area (Å²) in [5.74, 6) is -0.160. The molecule has 1 aromatic rings. The van der Waals surface area contributed by atoms with E-state index in [1.807, 2.05) is 19.1 Å². The highest BCUT2D eigenvalue weighted by atomic mass is 79.9. The van der Waals surface area contributed by atoms with Crippen molar-refractivity contribution in [3.05, 3.63) is 41.2 Å². The summed E-state index contributed by atoms with van der Waals surface area (Å²) in [4.78, 5) is 0. The molecule has 12 heavy (non-hydrogen) atoms. The van der Waals surface area contributed by atoms with Gasteiger partial charge in [-0.1, -0.05) is 40.2 Å². The molecule has 0 heterocycles. The lowest BCUT2D eigenvalue weighted by Gasteiger charge is -2.00. The van der Waals surface area contributed by atoms with E-state index in [1.54, 1.807) is 12.1 Å². The van der Waals surface area contributed by atoms with Crippen LogP contribution in [0.2, 0.25) is 0 Å². The van der Waals surface area contributed by atoms with Crippen LogP contribution in [0.5, 0.6) is 0 Å². The van der Waals surface area contributed by atoms with Crippen LogP contribution < -0.4 is 0 Å². The Morgan fingerprint density at radius 3 is 2.83 bits per heavy atom. The number of allylic oxidation sites excluding steroid dienone is 1. The molecular formula is C10H10BrF. The van der Waals surface area contributed by atoms with E-state index in [2.05, 4.69) is 15.9 Å². The summed E-state index contributed by atoms with van der Waals surface area (Å²) in [6.45, 7) is 1.90. The minimum atomic E-state index is -0.160. The van der Waals surface area contributed by atoms with Gasteiger partial charge in [0.2, 0.25) is 0 Å². The van der Waals surface area contributed by atoms with Crippen molar-refractivity contribution in [2.75, 3.05) is 5.33 Å². The molecule has 0 N–H and O–H groups in total. The van der Waals surface area contributed by atoms with Crippen LogP contribution in [0.4, 0.5) is 4.39 Å². The van der Waals surface area contributed by atoms with Crippen LogP contribution in [0.25, 0.3) is 6.08 Å². The van der Waals surface area contributed by atoms with Crippen molar-refractivity contribution in [2.24, 2.45) is 0 Å². The SMILES string of the molecule is Cc1cccc(F)c1C=CCBr. The molecule has 0 saturated heterocycles. The van der Waals surface area contributed by atoms with E-state index in [0.29, 0.717) is 5.56 Å². The predicted octanol–water partition coefficient (Wildman–Crippen LogP) is 3.54. The molecule has 64 valence electrons. The van der Waals surface area contributed by atoms with Crippen molar-refractivity contribution in [3.8, 4) is 0 Å². The molecule has 1 rings (SSSR count). The van der Waals surface area contributed by atoms with E-state index in [0.717, 1.165) is 10.9 Å². The van der Waals surface area contributed by atoms with Gasteiger partial charge >= 0.3 is 0 Å². The molecule has 0 radical (unpaired) electrons. The minimum Gasteiger partial charge on any atom is -0.206 e. The highest BCUT2D eigenvalue weighted by Crippen LogP contribution is 2.14. The van der Waals surface area contributed by atoms with Crippen LogP contribution in [-0.2, 0) is 0 Å². The number of rotatable bonds is 2. The molecule has 0 spiro atoms. The molecule has 0 aliphatic rings. The van der Waals surface area contributed by atoms with E-state index < -0.39 is 0 Å². The Morgan fingerprint density at radius 1 is 1.50 bits per heavy atom. The van der Waals surface area contributed by atoms with Gasteiger partial charge in [-0.3, -0.25) is 0 Å². The fourth-order valence-corrected chi connectivity index (χ4v) is 1.21. The van der Waals surface area contributed by atoms with E-state index in [1.165, 1.54) is 6.07 Å². The summed E-state index contributed by atoms with van der Waals surface area (Å²) in [7, 11) is 0. The van der Waals surface area contributed by atoms with Gasteiger partial charge in [-0.2, -0.15) is 0 Å². The Kier molecular flexibility index (Phi) is 3.48. The number of benzene rings is 1. The summed E-state index contributed by atoms with van der Waals surface area (Å²) in [6, 6.07) is 5.09. The minimum absolute atomic E-state index is 0.160. The summed E-state index contributed by atoms with van der Waals surface area (Å²) in [6.07, 6.45) is 3.67. The Balaban J connectivity index is 3.04. The quantitative estimate of drug-likeness (QED) is 0.680. The Bertz CT molecular complexity index is 272. The maximum absolute atomic E-state index is 13.1. The zero-order chi connectivity index (χ0) is 8.97. The predicted molar refractivity (Wildman–Crippen MR) is 54.0 cm³/mol. The molecular weight excluding hydrogens is 219 g/mol. The van der Waals surface area contributed by atoms with Crippen molar-refractivity contribution >= 4 is 22.0 Å². The van der Waals surface area contributed by atoms with Gasteiger partial charge in [0.1, 0.15) is 5.82 Å². The van der Waals surface area contributed by atoms with E-state index in [9.17, 15) is 4.39 Å². The molecule has 0 unspecified atom stereocenters. The number of hydrogen-bond acceptors (Lipinski definition) is 0. The van der Waals surface area contributed by atoms with Gasteiger partial charge in [0.25, 0.3) is 0 Å². The molecule has 0 atom stereocenters. The molecule has 0 saturated carbocycles. The average molecular weight is 229 g/mol. The van der Waals surface area contributed by atoms with Crippen molar-refractivity contribution in [1.29, 1.82) is 0 Å². The second-order valence-corrected chi connectivity index (χ2v) is 3.17. The lowest BCUT2D eigenvalue weighted by Crippen LogP contribution is -1.85. The molecule has 0 aliphatic heterocycles. The summed E-state index contributed by atoms with van der Waals surface area (Å²) in [5.41, 5.74) is 1.64. The van der Waals surface area contributed by atoms with Crippen LogP contribution >= 0.6 is 15.9 Å². The standard InChI is InChI=1S/C10H10BrF/c1-8-4-2-6-10(12)9(8)5-3-7-11/h2-6H,7H2,1H3. The Morgan fingerprint density at radius 2 is 2.25 bits per heavy atom. The van der Waals surface area contributed by atoms with Crippen molar-refractivity contribution in [3.63, 3.8) is 0 Å². The second kappa shape index (κ2) is 4.41. The van der Waals surface area contributed by atoms with Crippen LogP contribution in [0.15, 0.2) is 24.3 Å². The Hall–Kier alpha value is -0.630. The third-order valence-electron chi connectivity index (χ3n) is 1.64. The molecule has 0 nitrogen and oxygen atoms in total. The second-order valence-electron chi connectivity index (χ2n) is 2.53. The maximum Gasteiger partial charge on any atom is 0.130 e. The van der Waals surface area contributed by atoms with Crippen LogP contribution in [0.3, 0.4) is 0 Å². The fraction of sp³-hybridized carbons (Fsp3) is 0.200. The van der Waals surface area contributed by atoms with Crippen molar-refractivity contribution in [2.45, 2.75) is 6.92 Å². The molecule has 1 aromatic carbocycles. The summed E-state index contributed by atoms with van der Waals surface area (Å²) >= 11 is 3.25. The average Bonchev–Trinajstić information content (AvgIpc) is 2.04. The third kappa shape index (κ3) is 2.18. The largest absolute Gasteiger partial charge is 0.206 e. The van der Waals surface area contributed by atoms with E-state index in [4.69, 9.17) is 0 Å². The van der Waals surface area contributed by atoms with Gasteiger partial charge in [-0.15, -0.1) is 0 Å². The van der Waals surface area contributed by atoms with Crippen LogP contribution in [-0.4, -0.2) is 5.33 Å². The smallest absolute Gasteiger partial charge is 0.130 e. The van der Waals surface area contributed by atoms with E-state index >= 15 is 0 Å². The lowest BCUT2D eigenvalue weighted by atomic mass is 10.1. The number of halogens is 2. The van der Waals surface area contributed by atoms with Crippen LogP contribution in [0, 0.1) is 12.7 Å². The van der Waals surface area contributed by atoms with Crippen molar-refractivity contribution in [1.82, 2.24) is 0 Å². The van der Waals surface area contributed by atoms with Gasteiger partial charge in [-0.05, 0) is 18.6 Å². The monoisotopic (exact) mass is 228 g/mol. The number of hydrogen-bond donors (Lipinski definition) is 0. The first-order valence-electron chi connectivity index (χ1n) is 3.73. The zero-order valence-corrected chi connectivity index (χ0v) is 8.44. The maximum atomic E-state index is 13.1. The fourth-order valence-electron chi connectivity index (χ4n) is 1.02. The highest BCUT2D eigenvalue weighted by molar-refractivity contribution is 9.09. The highest BCUT2D eigenvalue weighted by Gasteiger charge is 1.99. The molecule has 0 aliphatic carbocycles. The molecule has 2 heteroatoms. The van der Waals surface area contributed by atoms with Gasteiger partial charge < -0.3 is 0 Å². The number of aryl methyl sites for hydroxylation is 1. The first-order chi connectivity index (χ1) is 5.75. The van der Waals surface area contributed by atoms with Gasteiger partial charge in [0, 0.05) is 10.9 Å². The van der Waals surface area contributed by atoms with Gasteiger partial charge in [0.05, 0.1) is 0 Å². The summed E-state index contributed by atoms with van der Waals surface area (Å²) < 4.78 is 13.1. The molecule has 0 fully saturated rings. The lowest BCUT2D eigenvalue weighted by molar-refractivity contribution is 0.624. The topological polar surface area (TPSA) is 0 Å². The molecule has 0 bridgehead atoms. The van der Waals surface area contributed by atoms with Gasteiger partial charge in [0.15, 0.2) is 0 Å². The van der Waals surface area contributed by atoms with E-state index in [-0.39, 0.29) is 5.82 Å². The first-order valence-corrected chi connectivity index (χ1v) is 4.85. The third-order valence-corrected chi connectivity index (χ3v) is 2.02. The zero-order valence-electron chi connectivity index (χ0n) is 6.85. The molecule has 0 aromatic heterocycles. The Labute approximate surface area is 80.2 Å². The number of alkyl halides is 1. The normalized spacial score (nSPS) is 10.9. The van der Waals surface area contributed by atoms with Crippen LogP contribution in [0.1, 0.15) is 11.1 Å².